The molecule has 0 bridgehead atoms. The lowest BCUT2D eigenvalue weighted by Gasteiger charge is -2.32. The molecule has 0 aliphatic carbocycles. The highest BCUT2D eigenvalue weighted by molar-refractivity contribution is 6.10. The lowest BCUT2D eigenvalue weighted by Crippen LogP contribution is -2.42. The van der Waals surface area contributed by atoms with E-state index < -0.39 is 17.1 Å². The van der Waals surface area contributed by atoms with Gasteiger partial charge in [0.05, 0.1) is 11.8 Å². The fourth-order valence-corrected chi connectivity index (χ4v) is 5.66. The number of hydrogen-bond acceptors (Lipinski definition) is 7. The molecule has 12 nitrogen and oxygen atoms in total. The Morgan fingerprint density at radius 3 is 2.57 bits per heavy atom. The monoisotopic (exact) mass is 605 g/mol. The molecule has 0 radical (unpaired) electrons. The number of nitrogens with zero attached hydrogens (tertiary/aromatic N) is 4. The summed E-state index contributed by atoms with van der Waals surface area (Å²) in [5.41, 5.74) is 0.938. The second kappa shape index (κ2) is 12.7. The minimum atomic E-state index is -1.11. The highest BCUT2D eigenvalue weighted by Gasteiger charge is 2.24. The molecule has 4 aromatic rings. The Balaban J connectivity index is 1.17. The van der Waals surface area contributed by atoms with Gasteiger partial charge >= 0.3 is 5.69 Å². The number of piperidine rings is 1. The van der Waals surface area contributed by atoms with E-state index in [2.05, 4.69) is 15.0 Å². The minimum absolute atomic E-state index is 0.0119. The Morgan fingerprint density at radius 2 is 1.86 bits per heavy atom. The summed E-state index contributed by atoms with van der Waals surface area (Å²) in [4.78, 5) is 39.3. The lowest BCUT2D eigenvalue weighted by atomic mass is 9.93. The molecule has 1 saturated heterocycles. The fraction of sp³-hybridized carbons (Fsp3) is 0.355. The Hall–Kier alpha value is -5.07. The molecule has 44 heavy (non-hydrogen) atoms. The van der Waals surface area contributed by atoms with Gasteiger partial charge in [0.15, 0.2) is 5.84 Å². The van der Waals surface area contributed by atoms with Gasteiger partial charge in [-0.1, -0.05) is 13.8 Å². The highest BCUT2D eigenvalue weighted by Crippen LogP contribution is 2.33. The number of phenols is 2. The van der Waals surface area contributed by atoms with Crippen LogP contribution in [0.1, 0.15) is 50.2 Å². The van der Waals surface area contributed by atoms with Crippen molar-refractivity contribution in [2.24, 2.45) is 16.9 Å². The highest BCUT2D eigenvalue weighted by atomic mass is 19.1. The number of fused-ring (bicyclic) bond motifs is 1. The molecule has 2 aromatic heterocycles. The van der Waals surface area contributed by atoms with Gasteiger partial charge in [0.2, 0.25) is 11.7 Å². The first-order chi connectivity index (χ1) is 21.0. The Labute approximate surface area is 252 Å². The van der Waals surface area contributed by atoms with Crippen molar-refractivity contribution in [3.63, 3.8) is 0 Å². The third-order valence-electron chi connectivity index (χ3n) is 8.20. The number of likely N-dealkylation sites (tertiary alicyclic amines) is 1. The second-order valence-electron chi connectivity index (χ2n) is 11.4. The molecule has 1 aliphatic rings. The number of nitrogens with one attached hydrogen (secondary N) is 2. The minimum Gasteiger partial charge on any atom is -0.508 e. The van der Waals surface area contributed by atoms with Crippen molar-refractivity contribution in [2.45, 2.75) is 52.1 Å². The van der Waals surface area contributed by atoms with E-state index in [1.54, 1.807) is 11.0 Å². The van der Waals surface area contributed by atoms with Gasteiger partial charge in [-0.15, -0.1) is 0 Å². The number of nitrogens with two attached hydrogens (primary N) is 1. The van der Waals surface area contributed by atoms with Gasteiger partial charge < -0.3 is 30.8 Å². The van der Waals surface area contributed by atoms with Crippen LogP contribution in [-0.2, 0) is 17.9 Å². The maximum absolute atomic E-state index is 13.6. The van der Waals surface area contributed by atoms with Crippen LogP contribution in [0.3, 0.4) is 0 Å². The van der Waals surface area contributed by atoms with Crippen LogP contribution in [0.2, 0.25) is 0 Å². The number of aryl methyl sites for hydroxylation is 1. The average Bonchev–Trinajstić information content (AvgIpc) is 3.40. The number of rotatable bonds is 8. The molecular formula is C31H36FN7O5. The van der Waals surface area contributed by atoms with Gasteiger partial charge in [-0.05, 0) is 67.0 Å². The smallest absolute Gasteiger partial charge is 0.328 e. The number of carbonyl (C=O) groups excluding carboxylic acids is 1. The van der Waals surface area contributed by atoms with Crippen LogP contribution in [-0.4, -0.2) is 54.1 Å². The maximum atomic E-state index is 13.6. The van der Waals surface area contributed by atoms with Crippen molar-refractivity contribution in [1.29, 1.82) is 0 Å². The summed E-state index contributed by atoms with van der Waals surface area (Å²) in [6.45, 7) is 5.46. The van der Waals surface area contributed by atoms with Gasteiger partial charge in [-0.25, -0.2) is 4.79 Å². The number of H-pyrrole nitrogens is 1. The van der Waals surface area contributed by atoms with Crippen molar-refractivity contribution in [2.75, 3.05) is 18.4 Å². The number of hydrogen-bond donors (Lipinski definition) is 5. The molecule has 1 amide bonds. The Kier molecular flexibility index (Phi) is 8.74. The first kappa shape index (κ1) is 30.4. The first-order valence-electron chi connectivity index (χ1n) is 14.5. The van der Waals surface area contributed by atoms with Crippen molar-refractivity contribution < 1.29 is 19.4 Å². The zero-order chi connectivity index (χ0) is 31.5. The zero-order valence-electron chi connectivity index (χ0n) is 24.6. The van der Waals surface area contributed by atoms with E-state index >= 15 is 0 Å². The van der Waals surface area contributed by atoms with Crippen molar-refractivity contribution in [1.82, 2.24) is 19.0 Å². The topological polar surface area (TPSA) is 171 Å². The van der Waals surface area contributed by atoms with Crippen LogP contribution < -0.4 is 22.4 Å². The molecule has 2 aromatic carbocycles. The van der Waals surface area contributed by atoms with Gasteiger partial charge in [0, 0.05) is 48.5 Å². The largest absolute Gasteiger partial charge is 0.508 e. The molecule has 13 heteroatoms. The number of halogens is 1. The number of amidine groups is 1. The third kappa shape index (κ3) is 6.46. The number of carbonyl (C=O) groups is 1. The van der Waals surface area contributed by atoms with Crippen molar-refractivity contribution >= 4 is 28.3 Å². The molecule has 3 heterocycles. The quantitative estimate of drug-likeness (QED) is 0.0888. The second-order valence-corrected chi connectivity index (χ2v) is 11.4. The van der Waals surface area contributed by atoms with E-state index in [4.69, 9.17) is 5.84 Å². The number of aromatic nitrogens is 3. The third-order valence-corrected chi connectivity index (χ3v) is 8.20. The predicted octanol–water partition coefficient (Wildman–Crippen LogP) is 3.23. The van der Waals surface area contributed by atoms with Gasteiger partial charge in [0.1, 0.15) is 18.0 Å². The van der Waals surface area contributed by atoms with Crippen molar-refractivity contribution in [3.8, 4) is 11.5 Å². The molecule has 232 valence electrons. The van der Waals surface area contributed by atoms with Crippen LogP contribution in [0, 0.1) is 11.7 Å². The summed E-state index contributed by atoms with van der Waals surface area (Å²) >= 11 is 0. The molecular weight excluding hydrogens is 569 g/mol. The molecule has 0 spiro atoms. The van der Waals surface area contributed by atoms with E-state index in [1.807, 2.05) is 49.3 Å². The van der Waals surface area contributed by atoms with Crippen LogP contribution in [0.5, 0.6) is 11.5 Å². The number of aromatic amines is 1. The molecule has 0 saturated carbocycles. The molecule has 1 aliphatic heterocycles. The molecule has 0 atom stereocenters. The molecule has 5 rings (SSSR count). The predicted molar refractivity (Wildman–Crippen MR) is 165 cm³/mol. The fourth-order valence-electron chi connectivity index (χ4n) is 5.66. The summed E-state index contributed by atoms with van der Waals surface area (Å²) in [7, 11) is 0. The SMILES string of the molecule is CC(C)c1cc(/C(=N/N)Nc2ccc3c(ccn3CCC3CCN(C(=O)Cn4cc(F)c(=O)[nH]c4=O)CC3)c2)c(O)cc1O. The summed E-state index contributed by atoms with van der Waals surface area (Å²) in [5, 5.41) is 28.7. The Bertz CT molecular complexity index is 1830. The average molecular weight is 606 g/mol. The normalized spacial score (nSPS) is 14.5. The molecule has 6 N–H and O–H groups in total. The van der Waals surface area contributed by atoms with Gasteiger partial charge in [-0.2, -0.15) is 9.49 Å². The van der Waals surface area contributed by atoms with E-state index in [1.165, 1.54) is 6.07 Å². The summed E-state index contributed by atoms with van der Waals surface area (Å²) in [6, 6.07) is 10.9. The van der Waals surface area contributed by atoms with E-state index in [-0.39, 0.29) is 35.7 Å². The number of anilines is 1. The summed E-state index contributed by atoms with van der Waals surface area (Å²) < 4.78 is 16.6. The molecule has 0 unspecified atom stereocenters. The number of hydrazone groups is 1. The lowest BCUT2D eigenvalue weighted by molar-refractivity contribution is -0.133. The van der Waals surface area contributed by atoms with E-state index in [0.29, 0.717) is 30.1 Å². The molecule has 1 fully saturated rings. The van der Waals surface area contributed by atoms with Crippen LogP contribution in [0.15, 0.2) is 63.5 Å². The number of benzene rings is 2. The Morgan fingerprint density at radius 1 is 1.11 bits per heavy atom. The standard InChI is InChI=1S/C31H36FN7O5/c1-18(2)22-14-23(27(41)15-26(22)40)29(36-33)34-21-3-4-25-20(13-21)8-12-37(25)9-5-19-6-10-38(11-7-19)28(42)17-39-16-24(32)30(43)35-31(39)44/h3-4,8,12-16,18-19,40-41H,5-7,9-11,17,33H2,1-2H3,(H,34,36)(H,35,43,44). The number of amides is 1. The summed E-state index contributed by atoms with van der Waals surface area (Å²) in [5.74, 6) is 4.88. The number of aromatic hydroxyl groups is 2. The summed E-state index contributed by atoms with van der Waals surface area (Å²) in [6.07, 6.45) is 5.36. The van der Waals surface area contributed by atoms with Crippen LogP contribution >= 0.6 is 0 Å². The van der Waals surface area contributed by atoms with Crippen molar-refractivity contribution in [3.05, 3.63) is 86.6 Å². The van der Waals surface area contributed by atoms with Gasteiger partial charge in [-0.3, -0.25) is 19.1 Å². The van der Waals surface area contributed by atoms with E-state index in [9.17, 15) is 29.0 Å². The van der Waals surface area contributed by atoms with Gasteiger partial charge in [0.25, 0.3) is 5.56 Å². The number of phenolic OH excluding ortho intramolecular Hbond substituents is 2. The maximum Gasteiger partial charge on any atom is 0.328 e. The van der Waals surface area contributed by atoms with Crippen LogP contribution in [0.4, 0.5) is 10.1 Å². The van der Waals surface area contributed by atoms with E-state index in [0.717, 1.165) is 53.2 Å². The zero-order valence-corrected chi connectivity index (χ0v) is 24.6. The first-order valence-corrected chi connectivity index (χ1v) is 14.5. The van der Waals surface area contributed by atoms with Crippen LogP contribution in [0.25, 0.3) is 10.9 Å².